The minimum absolute atomic E-state index is 0.544. The number of oxazole rings is 1. The fourth-order valence-corrected chi connectivity index (χ4v) is 3.92. The molecule has 6 heteroatoms. The molecule has 2 aromatic carbocycles. The number of hydrogen-bond donors (Lipinski definition) is 2. The van der Waals surface area contributed by atoms with Crippen molar-refractivity contribution in [1.82, 2.24) is 9.97 Å². The van der Waals surface area contributed by atoms with Crippen molar-refractivity contribution < 1.29 is 9.15 Å². The largest absolute Gasteiger partial charge is 0.496 e. The number of rotatable bonds is 2. The molecule has 0 saturated carbocycles. The SMILES string of the molecule is COc1cc(C)c2[nH]cc3c2c1C(C)(c1nc2cc(C#N)ccc2o1)N3. The first-order valence-corrected chi connectivity index (χ1v) is 8.33. The summed E-state index contributed by atoms with van der Waals surface area (Å²) in [7, 11) is 1.67. The van der Waals surface area contributed by atoms with Crippen LogP contribution in [-0.4, -0.2) is 17.1 Å². The van der Waals surface area contributed by atoms with Crippen molar-refractivity contribution in [3.63, 3.8) is 0 Å². The van der Waals surface area contributed by atoms with E-state index in [2.05, 4.69) is 28.3 Å². The first-order valence-electron chi connectivity index (χ1n) is 8.33. The van der Waals surface area contributed by atoms with Crippen molar-refractivity contribution in [2.24, 2.45) is 0 Å². The van der Waals surface area contributed by atoms with Gasteiger partial charge in [0.1, 0.15) is 16.8 Å². The molecule has 1 aliphatic heterocycles. The highest BCUT2D eigenvalue weighted by molar-refractivity contribution is 6.03. The predicted molar refractivity (Wildman–Crippen MR) is 98.4 cm³/mol. The number of aryl methyl sites for hydroxylation is 1. The zero-order chi connectivity index (χ0) is 18.1. The number of aromatic amines is 1. The Kier molecular flexibility index (Phi) is 2.74. The van der Waals surface area contributed by atoms with E-state index in [1.165, 1.54) is 0 Å². The zero-order valence-corrected chi connectivity index (χ0v) is 14.6. The average Bonchev–Trinajstić information content (AvgIpc) is 3.31. The van der Waals surface area contributed by atoms with Gasteiger partial charge in [-0.1, -0.05) is 0 Å². The summed E-state index contributed by atoms with van der Waals surface area (Å²) in [6, 6.07) is 9.42. The van der Waals surface area contributed by atoms with Crippen LogP contribution < -0.4 is 10.1 Å². The first kappa shape index (κ1) is 14.8. The molecular weight excluding hydrogens is 328 g/mol. The lowest BCUT2D eigenvalue weighted by Gasteiger charge is -2.25. The van der Waals surface area contributed by atoms with Crippen LogP contribution in [0.3, 0.4) is 0 Å². The molecule has 0 spiro atoms. The number of fused-ring (bicyclic) bond motifs is 1. The number of H-pyrrole nitrogens is 1. The molecule has 2 N–H and O–H groups in total. The van der Waals surface area contributed by atoms with Crippen LogP contribution in [0, 0.1) is 18.3 Å². The van der Waals surface area contributed by atoms with E-state index in [0.717, 1.165) is 33.5 Å². The molecule has 26 heavy (non-hydrogen) atoms. The molecule has 1 unspecified atom stereocenters. The van der Waals surface area contributed by atoms with E-state index in [9.17, 15) is 0 Å². The molecule has 128 valence electrons. The number of hydrogen-bond acceptors (Lipinski definition) is 5. The lowest BCUT2D eigenvalue weighted by molar-refractivity contribution is 0.390. The molecule has 3 heterocycles. The fraction of sp³-hybridized carbons (Fsp3) is 0.200. The Bertz CT molecular complexity index is 1240. The van der Waals surface area contributed by atoms with Gasteiger partial charge in [0.15, 0.2) is 5.58 Å². The van der Waals surface area contributed by atoms with Gasteiger partial charge in [-0.15, -0.1) is 0 Å². The van der Waals surface area contributed by atoms with Crippen LogP contribution in [0.25, 0.3) is 22.0 Å². The smallest absolute Gasteiger partial charge is 0.225 e. The number of anilines is 1. The monoisotopic (exact) mass is 344 g/mol. The minimum atomic E-state index is -0.664. The Labute approximate surface area is 149 Å². The van der Waals surface area contributed by atoms with Gasteiger partial charge < -0.3 is 19.5 Å². The molecular formula is C20H16N4O2. The van der Waals surface area contributed by atoms with E-state index >= 15 is 0 Å². The second-order valence-corrected chi connectivity index (χ2v) is 6.79. The predicted octanol–water partition coefficient (Wildman–Crippen LogP) is 4.19. The number of benzene rings is 2. The summed E-state index contributed by atoms with van der Waals surface area (Å²) >= 11 is 0. The number of methoxy groups -OCH3 is 1. The summed E-state index contributed by atoms with van der Waals surface area (Å²) in [5, 5.41) is 13.8. The van der Waals surface area contributed by atoms with Crippen molar-refractivity contribution >= 4 is 27.7 Å². The maximum absolute atomic E-state index is 9.11. The summed E-state index contributed by atoms with van der Waals surface area (Å²) in [6.07, 6.45) is 1.96. The topological polar surface area (TPSA) is 86.9 Å². The van der Waals surface area contributed by atoms with Gasteiger partial charge in [0, 0.05) is 17.1 Å². The molecule has 0 bridgehead atoms. The maximum Gasteiger partial charge on any atom is 0.225 e. The van der Waals surface area contributed by atoms with Gasteiger partial charge in [-0.3, -0.25) is 0 Å². The molecule has 5 rings (SSSR count). The molecule has 0 fully saturated rings. The van der Waals surface area contributed by atoms with Crippen LogP contribution >= 0.6 is 0 Å². The Morgan fingerprint density at radius 2 is 2.15 bits per heavy atom. The van der Waals surface area contributed by atoms with Crippen LogP contribution in [0.15, 0.2) is 34.9 Å². The molecule has 0 radical (unpaired) electrons. The molecule has 2 aromatic heterocycles. The van der Waals surface area contributed by atoms with Gasteiger partial charge in [0.25, 0.3) is 0 Å². The second-order valence-electron chi connectivity index (χ2n) is 6.79. The lowest BCUT2D eigenvalue weighted by atomic mass is 9.90. The van der Waals surface area contributed by atoms with E-state index in [4.69, 9.17) is 14.4 Å². The third-order valence-electron chi connectivity index (χ3n) is 5.17. The highest BCUT2D eigenvalue weighted by Gasteiger charge is 2.44. The van der Waals surface area contributed by atoms with Crippen molar-refractivity contribution in [1.29, 1.82) is 5.26 Å². The summed E-state index contributed by atoms with van der Waals surface area (Å²) in [4.78, 5) is 8.00. The molecule has 1 aliphatic rings. The number of nitriles is 1. The maximum atomic E-state index is 9.11. The fourth-order valence-electron chi connectivity index (χ4n) is 3.92. The van der Waals surface area contributed by atoms with E-state index in [1.807, 2.05) is 19.2 Å². The molecule has 0 saturated heterocycles. The Hall–Kier alpha value is -3.46. The lowest BCUT2D eigenvalue weighted by Crippen LogP contribution is -2.30. The van der Waals surface area contributed by atoms with Crippen LogP contribution in [-0.2, 0) is 5.54 Å². The summed E-state index contributed by atoms with van der Waals surface area (Å²) < 4.78 is 11.8. The Morgan fingerprint density at radius 1 is 1.31 bits per heavy atom. The third kappa shape index (κ3) is 1.72. The van der Waals surface area contributed by atoms with Crippen molar-refractivity contribution in [2.75, 3.05) is 12.4 Å². The average molecular weight is 344 g/mol. The van der Waals surface area contributed by atoms with Crippen molar-refractivity contribution in [3.05, 3.63) is 53.0 Å². The van der Waals surface area contributed by atoms with Gasteiger partial charge in [0.05, 0.1) is 29.9 Å². The van der Waals surface area contributed by atoms with Gasteiger partial charge in [-0.05, 0) is 43.7 Å². The standard InChI is InChI=1S/C20H16N4O2/c1-10-6-15(25-3)17-16-13(9-22-18(10)16)24-20(17,2)19-23-12-7-11(8-21)4-5-14(12)26-19/h4-7,9,22,24H,1-3H3. The van der Waals surface area contributed by atoms with E-state index in [0.29, 0.717) is 22.6 Å². The van der Waals surface area contributed by atoms with E-state index in [-0.39, 0.29) is 0 Å². The minimum Gasteiger partial charge on any atom is -0.496 e. The summed E-state index contributed by atoms with van der Waals surface area (Å²) in [6.45, 7) is 4.09. The number of nitrogens with zero attached hydrogens (tertiary/aromatic N) is 2. The molecule has 0 aliphatic carbocycles. The Morgan fingerprint density at radius 3 is 2.92 bits per heavy atom. The summed E-state index contributed by atoms with van der Waals surface area (Å²) in [5.41, 5.74) is 5.42. The second kappa shape index (κ2) is 4.79. The summed E-state index contributed by atoms with van der Waals surface area (Å²) in [5.74, 6) is 1.34. The number of ether oxygens (including phenoxy) is 1. The molecule has 4 aromatic rings. The van der Waals surface area contributed by atoms with Gasteiger partial charge in [-0.2, -0.15) is 5.26 Å². The van der Waals surface area contributed by atoms with Gasteiger partial charge in [-0.25, -0.2) is 4.98 Å². The van der Waals surface area contributed by atoms with Crippen LogP contribution in [0.5, 0.6) is 5.75 Å². The Balaban J connectivity index is 1.79. The molecule has 0 amide bonds. The number of aromatic nitrogens is 2. The molecule has 1 atom stereocenters. The first-order chi connectivity index (χ1) is 12.5. The quantitative estimate of drug-likeness (QED) is 0.569. The van der Waals surface area contributed by atoms with Gasteiger partial charge >= 0.3 is 0 Å². The normalized spacial score (nSPS) is 18.2. The zero-order valence-electron chi connectivity index (χ0n) is 14.6. The molecule has 6 nitrogen and oxygen atoms in total. The third-order valence-corrected chi connectivity index (χ3v) is 5.17. The van der Waals surface area contributed by atoms with Crippen LogP contribution in [0.4, 0.5) is 5.69 Å². The van der Waals surface area contributed by atoms with E-state index < -0.39 is 5.54 Å². The number of nitrogens with one attached hydrogen (secondary N) is 2. The van der Waals surface area contributed by atoms with E-state index in [1.54, 1.807) is 25.3 Å². The van der Waals surface area contributed by atoms with Crippen molar-refractivity contribution in [3.8, 4) is 11.8 Å². The highest BCUT2D eigenvalue weighted by Crippen LogP contribution is 2.51. The van der Waals surface area contributed by atoms with Crippen molar-refractivity contribution in [2.45, 2.75) is 19.4 Å². The highest BCUT2D eigenvalue weighted by atomic mass is 16.5. The van der Waals surface area contributed by atoms with Crippen LogP contribution in [0.1, 0.15) is 29.5 Å². The van der Waals surface area contributed by atoms with Crippen LogP contribution in [0.2, 0.25) is 0 Å². The van der Waals surface area contributed by atoms with Gasteiger partial charge in [0.2, 0.25) is 5.89 Å².